The number of hydrogen-bond acceptors (Lipinski definition) is 9. The molecule has 2 unspecified atom stereocenters. The molecule has 0 aliphatic carbocycles. The Hall–Kier alpha value is -6.50. The van der Waals surface area contributed by atoms with E-state index in [1.807, 2.05) is 55.5 Å². The van der Waals surface area contributed by atoms with Crippen LogP contribution in [0.5, 0.6) is 17.2 Å². The van der Waals surface area contributed by atoms with Crippen molar-refractivity contribution in [2.75, 3.05) is 26.5 Å². The first kappa shape index (κ1) is 41.7. The van der Waals surface area contributed by atoms with Crippen LogP contribution < -0.4 is 24.8 Å². The third-order valence-electron chi connectivity index (χ3n) is 9.78. The van der Waals surface area contributed by atoms with Crippen molar-refractivity contribution in [1.29, 1.82) is 0 Å². The molecular weight excluding hydrogens is 729 g/mol. The maximum absolute atomic E-state index is 12.6. The highest BCUT2D eigenvalue weighted by Crippen LogP contribution is 2.33. The number of aryl methyl sites for hydroxylation is 1. The fraction of sp³-hybridized carbons (Fsp3) is 0.318. The van der Waals surface area contributed by atoms with Gasteiger partial charge in [-0.1, -0.05) is 43.8 Å². The number of carbonyl (C=O) groups excluding carboxylic acids is 2. The van der Waals surface area contributed by atoms with Crippen LogP contribution >= 0.6 is 0 Å². The molecule has 2 atom stereocenters. The third kappa shape index (κ3) is 11.3. The van der Waals surface area contributed by atoms with E-state index in [-0.39, 0.29) is 45.3 Å². The molecule has 298 valence electrons. The number of ether oxygens (including phenoxy) is 3. The summed E-state index contributed by atoms with van der Waals surface area (Å²) in [5, 5.41) is 25.3. The Morgan fingerprint density at radius 2 is 1.54 bits per heavy atom. The zero-order valence-electron chi connectivity index (χ0n) is 31.0. The molecule has 0 saturated heterocycles. The van der Waals surface area contributed by atoms with Crippen molar-refractivity contribution in [3.63, 3.8) is 0 Å². The van der Waals surface area contributed by atoms with Gasteiger partial charge < -0.3 is 35.1 Å². The Balaban J connectivity index is 0.000000214. The largest absolute Gasteiger partial charge is 0.493 e. The van der Waals surface area contributed by atoms with Gasteiger partial charge in [-0.25, -0.2) is 0 Å². The molecule has 0 saturated carbocycles. The number of fused-ring (bicyclic) bond motifs is 3. The molecule has 2 aromatic heterocycles. The number of amides is 2. The Labute approximate surface area is 331 Å². The fourth-order valence-electron chi connectivity index (χ4n) is 6.85. The molecule has 2 aliphatic heterocycles. The van der Waals surface area contributed by atoms with Crippen LogP contribution in [0.25, 0.3) is 10.9 Å². The summed E-state index contributed by atoms with van der Waals surface area (Å²) in [5.74, 6) is -1.91. The van der Waals surface area contributed by atoms with Gasteiger partial charge in [0.1, 0.15) is 11.7 Å². The number of carboxylic acid groups (broad SMARTS) is 2. The van der Waals surface area contributed by atoms with Crippen molar-refractivity contribution in [1.82, 2.24) is 20.6 Å². The number of benzene rings is 3. The molecule has 0 spiro atoms. The zero-order valence-corrected chi connectivity index (χ0v) is 31.0. The molecule has 2 amide bonds. The van der Waals surface area contributed by atoms with E-state index >= 15 is 0 Å². The van der Waals surface area contributed by atoms with Crippen LogP contribution in [0, 0.1) is 12.8 Å². The first-order chi connectivity index (χ1) is 27.1. The van der Waals surface area contributed by atoms with Crippen LogP contribution in [0.1, 0.15) is 59.6 Å². The number of rotatable bonds is 15. The number of carbonyl (C=O) groups is 4. The lowest BCUT2D eigenvalue weighted by atomic mass is 9.90. The van der Waals surface area contributed by atoms with Crippen LogP contribution in [0.3, 0.4) is 0 Å². The minimum atomic E-state index is -1.17. The Bertz CT molecular complexity index is 2200. The molecule has 4 heterocycles. The van der Waals surface area contributed by atoms with Crippen molar-refractivity contribution in [3.05, 3.63) is 125 Å². The number of hydrogen-bond donors (Lipinski definition) is 4. The fourth-order valence-corrected chi connectivity index (χ4v) is 6.85. The zero-order chi connectivity index (χ0) is 39.4. The topological polar surface area (TPSA) is 186 Å². The summed E-state index contributed by atoms with van der Waals surface area (Å²) < 4.78 is 16.2. The van der Waals surface area contributed by atoms with Gasteiger partial charge in [0.2, 0.25) is 18.6 Å². The first-order valence-electron chi connectivity index (χ1n) is 18.5. The standard InChI is InChI=1S/C22H20N2O5.C21H24N2O4.CH4/c25-21(24-9-7-14-5-6-19-20(11-14)29-13-28-19)17(22(26)27)12-15-8-10-23-18-4-2-1-3-16(15)18;1-14-13-22-7-5-18(14)17(12-21(25)26)11-20(24)23-8-4-15-2-3-16-6-9-27-19(16)10-15;/h1-6,8,10-11,17H,7,9,12-13H2,(H,24,25)(H,26,27);2-3,5,7,10,13,17H,4,6,8-9,11-12H2,1H3,(H,23,24)(H,25,26);1H4. The molecule has 0 bridgehead atoms. The summed E-state index contributed by atoms with van der Waals surface area (Å²) >= 11 is 0. The summed E-state index contributed by atoms with van der Waals surface area (Å²) in [6, 6.07) is 22.8. The van der Waals surface area contributed by atoms with Crippen molar-refractivity contribution in [2.45, 2.75) is 58.8 Å². The highest BCUT2D eigenvalue weighted by Gasteiger charge is 2.27. The van der Waals surface area contributed by atoms with Gasteiger partial charge in [0.25, 0.3) is 0 Å². The van der Waals surface area contributed by atoms with Gasteiger partial charge in [0.15, 0.2) is 11.5 Å². The van der Waals surface area contributed by atoms with E-state index in [9.17, 15) is 29.4 Å². The van der Waals surface area contributed by atoms with Gasteiger partial charge in [-0.05, 0) is 96.0 Å². The van der Waals surface area contributed by atoms with Gasteiger partial charge in [-0.2, -0.15) is 0 Å². The molecule has 13 heteroatoms. The lowest BCUT2D eigenvalue weighted by Crippen LogP contribution is -2.37. The van der Waals surface area contributed by atoms with Gasteiger partial charge in [0, 0.05) is 55.8 Å². The van der Waals surface area contributed by atoms with E-state index in [2.05, 4.69) is 32.7 Å². The van der Waals surface area contributed by atoms with Crippen LogP contribution in [-0.2, 0) is 44.9 Å². The van der Waals surface area contributed by atoms with Crippen LogP contribution in [0.15, 0.2) is 91.4 Å². The smallest absolute Gasteiger partial charge is 0.316 e. The van der Waals surface area contributed by atoms with Crippen molar-refractivity contribution < 1.29 is 43.6 Å². The van der Waals surface area contributed by atoms with Crippen molar-refractivity contribution >= 4 is 34.7 Å². The lowest BCUT2D eigenvalue weighted by molar-refractivity contribution is -0.147. The first-order valence-corrected chi connectivity index (χ1v) is 18.5. The lowest BCUT2D eigenvalue weighted by Gasteiger charge is -2.17. The third-order valence-corrected chi connectivity index (χ3v) is 9.78. The summed E-state index contributed by atoms with van der Waals surface area (Å²) in [6.45, 7) is 3.66. The molecule has 7 rings (SSSR count). The van der Waals surface area contributed by atoms with Crippen molar-refractivity contribution in [2.24, 2.45) is 5.92 Å². The molecule has 3 aromatic carbocycles. The maximum atomic E-state index is 12.6. The van der Waals surface area contributed by atoms with Crippen LogP contribution in [0.4, 0.5) is 0 Å². The molecule has 5 aromatic rings. The Kier molecular flexibility index (Phi) is 14.5. The van der Waals surface area contributed by atoms with Gasteiger partial charge in [0.05, 0.1) is 18.5 Å². The molecule has 0 radical (unpaired) electrons. The van der Waals surface area contributed by atoms with E-state index in [4.69, 9.17) is 14.2 Å². The number of para-hydroxylation sites is 1. The maximum Gasteiger partial charge on any atom is 0.316 e. The van der Waals surface area contributed by atoms with E-state index in [0.717, 1.165) is 57.5 Å². The summed E-state index contributed by atoms with van der Waals surface area (Å²) in [6.07, 6.45) is 7.34. The van der Waals surface area contributed by atoms with Gasteiger partial charge >= 0.3 is 11.9 Å². The second kappa shape index (κ2) is 19.9. The predicted molar refractivity (Wildman–Crippen MR) is 214 cm³/mol. The van der Waals surface area contributed by atoms with Gasteiger partial charge in [-0.15, -0.1) is 0 Å². The van der Waals surface area contributed by atoms with E-state index in [0.29, 0.717) is 37.4 Å². The number of carboxylic acids is 2. The van der Waals surface area contributed by atoms with E-state index in [1.165, 1.54) is 5.56 Å². The number of nitrogens with zero attached hydrogens (tertiary/aromatic N) is 2. The SMILES string of the molecule is C.Cc1cnccc1C(CC(=O)O)CC(=O)NCCc1ccc2c(c1)OCC2.O=C(O)C(Cc1ccnc2ccccc12)C(=O)NCCc1ccc2c(c1)OCO2. The molecular formula is C44H48N4O9. The number of aromatic nitrogens is 2. The normalized spacial score (nSPS) is 13.1. The van der Waals surface area contributed by atoms with Crippen LogP contribution in [0.2, 0.25) is 0 Å². The average Bonchev–Trinajstić information content (AvgIpc) is 3.86. The molecule has 4 N–H and O–H groups in total. The quantitative estimate of drug-likeness (QED) is 0.0937. The highest BCUT2D eigenvalue weighted by atomic mass is 16.7. The summed E-state index contributed by atoms with van der Waals surface area (Å²) in [5.41, 5.74) is 6.64. The Morgan fingerprint density at radius 1 is 0.807 bits per heavy atom. The molecule has 0 fully saturated rings. The minimum absolute atomic E-state index is 0. The number of nitrogens with one attached hydrogen (secondary N) is 2. The number of pyridine rings is 2. The second-order valence-corrected chi connectivity index (χ2v) is 13.7. The monoisotopic (exact) mass is 776 g/mol. The highest BCUT2D eigenvalue weighted by molar-refractivity contribution is 5.98. The summed E-state index contributed by atoms with van der Waals surface area (Å²) in [7, 11) is 0. The number of aliphatic carboxylic acids is 2. The predicted octanol–water partition coefficient (Wildman–Crippen LogP) is 5.83. The Morgan fingerprint density at radius 3 is 2.32 bits per heavy atom. The average molecular weight is 777 g/mol. The van der Waals surface area contributed by atoms with Gasteiger partial charge in [-0.3, -0.25) is 29.1 Å². The molecule has 2 aliphatic rings. The summed E-state index contributed by atoms with van der Waals surface area (Å²) in [4.78, 5) is 56.2. The van der Waals surface area contributed by atoms with Crippen LogP contribution in [-0.4, -0.2) is 70.4 Å². The molecule has 57 heavy (non-hydrogen) atoms. The molecule has 13 nitrogen and oxygen atoms in total. The minimum Gasteiger partial charge on any atom is -0.493 e. The van der Waals surface area contributed by atoms with E-state index in [1.54, 1.807) is 30.7 Å². The van der Waals surface area contributed by atoms with Crippen molar-refractivity contribution in [3.8, 4) is 17.2 Å². The second-order valence-electron chi connectivity index (χ2n) is 13.7. The van der Waals surface area contributed by atoms with E-state index < -0.39 is 23.8 Å².